The monoisotopic (exact) mass is 217 g/mol. The lowest BCUT2D eigenvalue weighted by molar-refractivity contribution is -0.132. The molecule has 1 aromatic rings. The van der Waals surface area contributed by atoms with Gasteiger partial charge >= 0.3 is 0 Å². The molecule has 2 amide bonds. The maximum atomic E-state index is 12.2. The molecule has 0 radical (unpaired) electrons. The highest BCUT2D eigenvalue weighted by molar-refractivity contribution is 6.10. The largest absolute Gasteiger partial charge is 0.274 e. The Morgan fingerprint density at radius 1 is 1.12 bits per heavy atom. The molecule has 3 heteroatoms. The molecular weight excluding hydrogens is 202 g/mol. The van der Waals surface area contributed by atoms with Gasteiger partial charge < -0.3 is 0 Å². The zero-order valence-corrected chi connectivity index (χ0v) is 9.78. The van der Waals surface area contributed by atoms with Gasteiger partial charge in [-0.1, -0.05) is 18.2 Å². The minimum Gasteiger partial charge on any atom is -0.274 e. The van der Waals surface area contributed by atoms with Crippen molar-refractivity contribution in [3.05, 3.63) is 35.4 Å². The van der Waals surface area contributed by atoms with E-state index in [9.17, 15) is 9.59 Å². The molecule has 1 aliphatic heterocycles. The van der Waals surface area contributed by atoms with E-state index in [0.717, 1.165) is 5.56 Å². The van der Waals surface area contributed by atoms with Crippen molar-refractivity contribution >= 4 is 11.8 Å². The summed E-state index contributed by atoms with van der Waals surface area (Å²) in [6, 6.07) is 7.30. The summed E-state index contributed by atoms with van der Waals surface area (Å²) >= 11 is 0. The number of carbonyl (C=O) groups excluding carboxylic acids is 2. The molecule has 2 rings (SSSR count). The van der Waals surface area contributed by atoms with Gasteiger partial charge in [-0.2, -0.15) is 0 Å². The van der Waals surface area contributed by atoms with Crippen LogP contribution in [0, 0.1) is 0 Å². The summed E-state index contributed by atoms with van der Waals surface area (Å²) < 4.78 is 0. The van der Waals surface area contributed by atoms with Gasteiger partial charge in [-0.05, 0) is 32.4 Å². The van der Waals surface area contributed by atoms with Crippen LogP contribution in [0.3, 0.4) is 0 Å². The van der Waals surface area contributed by atoms with Crippen molar-refractivity contribution in [1.82, 2.24) is 4.90 Å². The molecule has 0 saturated carbocycles. The molecule has 1 aromatic carbocycles. The second kappa shape index (κ2) is 3.44. The molecule has 1 aliphatic rings. The third kappa shape index (κ3) is 1.62. The molecule has 0 saturated heterocycles. The average Bonchev–Trinajstić information content (AvgIpc) is 2.15. The quantitative estimate of drug-likeness (QED) is 0.623. The van der Waals surface area contributed by atoms with Gasteiger partial charge in [-0.3, -0.25) is 14.5 Å². The average molecular weight is 217 g/mol. The first kappa shape index (κ1) is 10.9. The number of rotatable bonds is 0. The second-order valence-corrected chi connectivity index (χ2v) is 5.04. The van der Waals surface area contributed by atoms with E-state index in [0.29, 0.717) is 12.0 Å². The Morgan fingerprint density at radius 3 is 2.38 bits per heavy atom. The van der Waals surface area contributed by atoms with Gasteiger partial charge in [0, 0.05) is 11.1 Å². The molecule has 16 heavy (non-hydrogen) atoms. The molecule has 0 unspecified atom stereocenters. The van der Waals surface area contributed by atoms with Crippen molar-refractivity contribution in [2.45, 2.75) is 32.7 Å². The van der Waals surface area contributed by atoms with Crippen LogP contribution in [0.4, 0.5) is 0 Å². The lowest BCUT2D eigenvalue weighted by Crippen LogP contribution is -2.52. The molecule has 0 atom stereocenters. The Balaban J connectivity index is 2.50. The topological polar surface area (TPSA) is 37.4 Å². The fourth-order valence-electron chi connectivity index (χ4n) is 2.04. The number of nitrogens with zero attached hydrogens (tertiary/aromatic N) is 1. The van der Waals surface area contributed by atoms with Gasteiger partial charge in [0.1, 0.15) is 0 Å². The van der Waals surface area contributed by atoms with E-state index < -0.39 is 5.54 Å². The molecule has 0 bridgehead atoms. The Labute approximate surface area is 95.1 Å². The molecule has 0 fully saturated rings. The first-order valence-electron chi connectivity index (χ1n) is 5.36. The predicted molar refractivity (Wildman–Crippen MR) is 61.1 cm³/mol. The van der Waals surface area contributed by atoms with Crippen molar-refractivity contribution in [2.24, 2.45) is 0 Å². The summed E-state index contributed by atoms with van der Waals surface area (Å²) in [7, 11) is 0. The number of amides is 2. The normalized spacial score (nSPS) is 16.3. The molecular formula is C13H15NO2. The standard InChI is InChI=1S/C13H15NO2/c1-13(2,3)14-11(15)8-9-6-4-5-7-10(9)12(14)16/h4-7H,8H2,1-3H3. The third-order valence-electron chi connectivity index (χ3n) is 2.71. The van der Waals surface area contributed by atoms with Crippen molar-refractivity contribution in [1.29, 1.82) is 0 Å². The van der Waals surface area contributed by atoms with Crippen molar-refractivity contribution in [2.75, 3.05) is 0 Å². The number of hydrogen-bond acceptors (Lipinski definition) is 2. The van der Waals surface area contributed by atoms with Crippen molar-refractivity contribution < 1.29 is 9.59 Å². The number of benzene rings is 1. The Morgan fingerprint density at radius 2 is 1.75 bits per heavy atom. The molecule has 3 nitrogen and oxygen atoms in total. The summed E-state index contributed by atoms with van der Waals surface area (Å²) in [5, 5.41) is 0. The zero-order valence-electron chi connectivity index (χ0n) is 9.78. The van der Waals surface area contributed by atoms with Crippen LogP contribution in [-0.2, 0) is 11.2 Å². The molecule has 0 aliphatic carbocycles. The Kier molecular flexibility index (Phi) is 2.34. The zero-order chi connectivity index (χ0) is 11.9. The number of imide groups is 1. The lowest BCUT2D eigenvalue weighted by atomic mass is 9.94. The number of carbonyl (C=O) groups is 2. The van der Waals surface area contributed by atoms with Crippen LogP contribution in [0.2, 0.25) is 0 Å². The molecule has 0 N–H and O–H groups in total. The van der Waals surface area contributed by atoms with Crippen molar-refractivity contribution in [3.63, 3.8) is 0 Å². The van der Waals surface area contributed by atoms with Crippen LogP contribution in [0.1, 0.15) is 36.7 Å². The fraction of sp³-hybridized carbons (Fsp3) is 0.385. The molecule has 84 valence electrons. The number of fused-ring (bicyclic) bond motifs is 1. The maximum absolute atomic E-state index is 12.2. The maximum Gasteiger partial charge on any atom is 0.261 e. The van der Waals surface area contributed by atoms with Gasteiger partial charge in [-0.15, -0.1) is 0 Å². The third-order valence-corrected chi connectivity index (χ3v) is 2.71. The first-order valence-corrected chi connectivity index (χ1v) is 5.36. The SMILES string of the molecule is CC(C)(C)N1C(=O)Cc2ccccc2C1=O. The Bertz CT molecular complexity index is 457. The minimum absolute atomic E-state index is 0.115. The fourth-order valence-corrected chi connectivity index (χ4v) is 2.04. The summed E-state index contributed by atoms with van der Waals surface area (Å²) in [6.07, 6.45) is 0.319. The summed E-state index contributed by atoms with van der Waals surface area (Å²) in [5.41, 5.74) is 1.02. The summed E-state index contributed by atoms with van der Waals surface area (Å²) in [5.74, 6) is -0.296. The van der Waals surface area contributed by atoms with E-state index in [1.807, 2.05) is 39.0 Å². The predicted octanol–water partition coefficient (Wildman–Crippen LogP) is 2.01. The molecule has 0 spiro atoms. The van der Waals surface area contributed by atoms with E-state index in [1.54, 1.807) is 6.07 Å². The lowest BCUT2D eigenvalue weighted by Gasteiger charge is -2.37. The molecule has 0 aromatic heterocycles. The van der Waals surface area contributed by atoms with Gasteiger partial charge in [0.25, 0.3) is 5.91 Å². The van der Waals surface area contributed by atoms with Crippen LogP contribution in [0.15, 0.2) is 24.3 Å². The minimum atomic E-state index is -0.457. The molecule has 1 heterocycles. The van der Waals surface area contributed by atoms with E-state index in [2.05, 4.69) is 0 Å². The highest BCUT2D eigenvalue weighted by Gasteiger charge is 2.37. The Hall–Kier alpha value is -1.64. The van der Waals surface area contributed by atoms with Crippen LogP contribution in [0.5, 0.6) is 0 Å². The van der Waals surface area contributed by atoms with Gasteiger partial charge in [0.15, 0.2) is 0 Å². The van der Waals surface area contributed by atoms with E-state index in [-0.39, 0.29) is 11.8 Å². The van der Waals surface area contributed by atoms with Crippen LogP contribution >= 0.6 is 0 Å². The van der Waals surface area contributed by atoms with Crippen LogP contribution in [0.25, 0.3) is 0 Å². The summed E-state index contributed by atoms with van der Waals surface area (Å²) in [6.45, 7) is 5.62. The highest BCUT2D eigenvalue weighted by Crippen LogP contribution is 2.25. The van der Waals surface area contributed by atoms with Crippen molar-refractivity contribution in [3.8, 4) is 0 Å². The first-order chi connectivity index (χ1) is 7.41. The smallest absolute Gasteiger partial charge is 0.261 e. The second-order valence-electron chi connectivity index (χ2n) is 5.04. The van der Waals surface area contributed by atoms with E-state index >= 15 is 0 Å². The van der Waals surface area contributed by atoms with Gasteiger partial charge in [0.05, 0.1) is 6.42 Å². The number of hydrogen-bond donors (Lipinski definition) is 0. The van der Waals surface area contributed by atoms with E-state index in [1.165, 1.54) is 4.90 Å². The summed E-state index contributed by atoms with van der Waals surface area (Å²) in [4.78, 5) is 25.5. The van der Waals surface area contributed by atoms with Crippen LogP contribution in [-0.4, -0.2) is 22.3 Å². The van der Waals surface area contributed by atoms with Gasteiger partial charge in [-0.25, -0.2) is 0 Å². The van der Waals surface area contributed by atoms with Crippen LogP contribution < -0.4 is 0 Å². The highest BCUT2D eigenvalue weighted by atomic mass is 16.2. The van der Waals surface area contributed by atoms with Gasteiger partial charge in [0.2, 0.25) is 5.91 Å². The van der Waals surface area contributed by atoms with E-state index in [4.69, 9.17) is 0 Å².